The summed E-state index contributed by atoms with van der Waals surface area (Å²) in [4.78, 5) is 17.8. The first kappa shape index (κ1) is 27.4. The van der Waals surface area contributed by atoms with Gasteiger partial charge in [-0.3, -0.25) is 0 Å². The van der Waals surface area contributed by atoms with Gasteiger partial charge in [0.05, 0.1) is 10.6 Å². The van der Waals surface area contributed by atoms with E-state index in [2.05, 4.69) is 20.5 Å². The van der Waals surface area contributed by atoms with Crippen LogP contribution < -0.4 is 15.8 Å². The zero-order valence-electron chi connectivity index (χ0n) is 21.0. The molecule has 0 unspecified atom stereocenters. The first-order valence-corrected chi connectivity index (χ1v) is 12.3. The van der Waals surface area contributed by atoms with Crippen LogP contribution in [-0.2, 0) is 10.9 Å². The predicted octanol–water partition coefficient (Wildman–Crippen LogP) is 6.25. The van der Waals surface area contributed by atoms with Gasteiger partial charge in [0.25, 0.3) is 0 Å². The standard InChI is InChI=1S/C25H28ClF3N6O3/c1-24(2,3)38-23(36)35-9-7-16(8-10-35)37-17-6-4-5-14(11-17)20-18(25(27,28)29)12-15(13-19(20)26)31-22-32-21(30)33-34-22/h4-6,11-13,16H,7-10H2,1-3H3,(H4,30,31,32,33,34). The number of hydrogen-bond acceptors (Lipinski definition) is 7. The van der Waals surface area contributed by atoms with Gasteiger partial charge in [0.2, 0.25) is 11.9 Å². The molecule has 0 atom stereocenters. The van der Waals surface area contributed by atoms with Gasteiger partial charge in [0.1, 0.15) is 17.5 Å². The quantitative estimate of drug-likeness (QED) is 0.342. The van der Waals surface area contributed by atoms with E-state index in [0.29, 0.717) is 31.7 Å². The van der Waals surface area contributed by atoms with E-state index in [0.717, 1.165) is 6.07 Å². The van der Waals surface area contributed by atoms with Gasteiger partial charge in [0.15, 0.2) is 0 Å². The van der Waals surface area contributed by atoms with Crippen LogP contribution in [-0.4, -0.2) is 51.0 Å². The number of nitrogens with two attached hydrogens (primary N) is 1. The maximum Gasteiger partial charge on any atom is 0.417 e. The van der Waals surface area contributed by atoms with E-state index in [1.165, 1.54) is 18.2 Å². The number of nitrogen functional groups attached to an aromatic ring is 1. The molecule has 0 aliphatic carbocycles. The molecular weight excluding hydrogens is 525 g/mol. The SMILES string of the molecule is CC(C)(C)OC(=O)N1CCC(Oc2cccc(-c3c(Cl)cc(Nc4n[nH]c(N)n4)cc3C(F)(F)F)c2)CC1. The Labute approximate surface area is 222 Å². The molecule has 1 fully saturated rings. The number of nitrogens with zero attached hydrogens (tertiary/aromatic N) is 3. The molecule has 204 valence electrons. The summed E-state index contributed by atoms with van der Waals surface area (Å²) in [6, 6.07) is 8.65. The Hall–Kier alpha value is -3.67. The molecule has 1 amide bonds. The highest BCUT2D eigenvalue weighted by Gasteiger charge is 2.36. The van der Waals surface area contributed by atoms with Crippen LogP contribution >= 0.6 is 11.6 Å². The molecule has 0 saturated carbocycles. The van der Waals surface area contributed by atoms with Crippen molar-refractivity contribution in [3.63, 3.8) is 0 Å². The van der Waals surface area contributed by atoms with Crippen LogP contribution in [0.25, 0.3) is 11.1 Å². The Morgan fingerprint density at radius 2 is 1.89 bits per heavy atom. The highest BCUT2D eigenvalue weighted by molar-refractivity contribution is 6.34. The summed E-state index contributed by atoms with van der Waals surface area (Å²) in [5.74, 6) is 0.423. The number of piperidine rings is 1. The van der Waals surface area contributed by atoms with Crippen molar-refractivity contribution in [3.05, 3.63) is 47.0 Å². The number of amides is 1. The van der Waals surface area contributed by atoms with Crippen molar-refractivity contribution in [1.82, 2.24) is 20.1 Å². The molecule has 1 aromatic heterocycles. The molecule has 4 N–H and O–H groups in total. The topological polar surface area (TPSA) is 118 Å². The Bertz CT molecular complexity index is 1300. The summed E-state index contributed by atoms with van der Waals surface area (Å²) in [5, 5.41) is 8.72. The first-order valence-electron chi connectivity index (χ1n) is 11.9. The van der Waals surface area contributed by atoms with Crippen molar-refractivity contribution in [1.29, 1.82) is 0 Å². The van der Waals surface area contributed by atoms with Crippen molar-refractivity contribution < 1.29 is 27.4 Å². The number of aromatic nitrogens is 3. The molecule has 1 aliphatic heterocycles. The molecule has 38 heavy (non-hydrogen) atoms. The van der Waals surface area contributed by atoms with Gasteiger partial charge >= 0.3 is 12.3 Å². The highest BCUT2D eigenvalue weighted by atomic mass is 35.5. The minimum Gasteiger partial charge on any atom is -0.490 e. The van der Waals surface area contributed by atoms with Crippen molar-refractivity contribution in [2.24, 2.45) is 0 Å². The monoisotopic (exact) mass is 552 g/mol. The third-order valence-electron chi connectivity index (χ3n) is 5.67. The maximum absolute atomic E-state index is 14.1. The van der Waals surface area contributed by atoms with Gasteiger partial charge in [-0.25, -0.2) is 9.89 Å². The van der Waals surface area contributed by atoms with Gasteiger partial charge in [-0.15, -0.1) is 5.10 Å². The minimum atomic E-state index is -4.69. The summed E-state index contributed by atoms with van der Waals surface area (Å²) in [7, 11) is 0. The maximum atomic E-state index is 14.1. The smallest absolute Gasteiger partial charge is 0.417 e. The Morgan fingerprint density at radius 3 is 2.50 bits per heavy atom. The van der Waals surface area contributed by atoms with Crippen LogP contribution in [0.3, 0.4) is 0 Å². The number of carbonyl (C=O) groups excluding carboxylic acids is 1. The third-order valence-corrected chi connectivity index (χ3v) is 5.97. The van der Waals surface area contributed by atoms with Gasteiger partial charge < -0.3 is 25.4 Å². The van der Waals surface area contributed by atoms with E-state index in [9.17, 15) is 18.0 Å². The van der Waals surface area contributed by atoms with E-state index >= 15 is 0 Å². The number of benzene rings is 2. The van der Waals surface area contributed by atoms with Crippen LogP contribution in [0.15, 0.2) is 36.4 Å². The highest BCUT2D eigenvalue weighted by Crippen LogP contribution is 2.44. The molecule has 9 nitrogen and oxygen atoms in total. The number of aromatic amines is 1. The summed E-state index contributed by atoms with van der Waals surface area (Å²) in [6.07, 6.45) is -4.16. The molecule has 4 rings (SSSR count). The van der Waals surface area contributed by atoms with Gasteiger partial charge in [-0.2, -0.15) is 18.2 Å². The molecule has 1 aliphatic rings. The van der Waals surface area contributed by atoms with Crippen molar-refractivity contribution in [2.45, 2.75) is 51.5 Å². The van der Waals surface area contributed by atoms with E-state index in [4.69, 9.17) is 26.8 Å². The van der Waals surface area contributed by atoms with Crippen molar-refractivity contribution >= 4 is 35.3 Å². The Kier molecular flexibility index (Phi) is 7.63. The van der Waals surface area contributed by atoms with E-state index in [1.807, 2.05) is 0 Å². The normalized spacial score (nSPS) is 14.9. The Balaban J connectivity index is 1.52. The molecule has 0 bridgehead atoms. The van der Waals surface area contributed by atoms with Crippen molar-refractivity contribution in [2.75, 3.05) is 24.1 Å². The van der Waals surface area contributed by atoms with E-state index in [1.54, 1.807) is 37.8 Å². The number of alkyl halides is 3. The molecule has 13 heteroatoms. The van der Waals surface area contributed by atoms with Crippen LogP contribution in [0.4, 0.5) is 35.5 Å². The number of anilines is 3. The van der Waals surface area contributed by atoms with Gasteiger partial charge in [-0.05, 0) is 50.6 Å². The molecule has 3 aromatic rings. The Morgan fingerprint density at radius 1 is 1.18 bits per heavy atom. The number of carbonyl (C=O) groups is 1. The van der Waals surface area contributed by atoms with Gasteiger partial charge in [-0.1, -0.05) is 23.7 Å². The van der Waals surface area contributed by atoms with Crippen LogP contribution in [0.1, 0.15) is 39.2 Å². The average Bonchev–Trinajstić information content (AvgIpc) is 3.22. The number of likely N-dealkylation sites (tertiary alicyclic amines) is 1. The number of H-pyrrole nitrogens is 1. The summed E-state index contributed by atoms with van der Waals surface area (Å²) in [6.45, 7) is 6.32. The lowest BCUT2D eigenvalue weighted by molar-refractivity contribution is -0.137. The summed E-state index contributed by atoms with van der Waals surface area (Å²) < 4.78 is 53.8. The third kappa shape index (κ3) is 6.80. The summed E-state index contributed by atoms with van der Waals surface area (Å²) in [5.41, 5.74) is 4.08. The van der Waals surface area contributed by atoms with E-state index < -0.39 is 17.3 Å². The second-order valence-electron chi connectivity index (χ2n) is 9.86. The molecule has 2 heterocycles. The largest absolute Gasteiger partial charge is 0.490 e. The molecule has 0 radical (unpaired) electrons. The lowest BCUT2D eigenvalue weighted by atomic mass is 9.98. The second-order valence-corrected chi connectivity index (χ2v) is 10.3. The molecule has 2 aromatic carbocycles. The fourth-order valence-electron chi connectivity index (χ4n) is 4.06. The molecule has 1 saturated heterocycles. The van der Waals surface area contributed by atoms with E-state index in [-0.39, 0.29) is 45.9 Å². The molecule has 0 spiro atoms. The van der Waals surface area contributed by atoms with Crippen LogP contribution in [0.2, 0.25) is 5.02 Å². The number of hydrogen-bond donors (Lipinski definition) is 3. The fourth-order valence-corrected chi connectivity index (χ4v) is 4.38. The van der Waals surface area contributed by atoms with Gasteiger partial charge in [0, 0.05) is 37.2 Å². The molecular formula is C25H28ClF3N6O3. The lowest BCUT2D eigenvalue weighted by Crippen LogP contribution is -2.44. The number of nitrogens with one attached hydrogen (secondary N) is 2. The zero-order valence-corrected chi connectivity index (χ0v) is 21.8. The van der Waals surface area contributed by atoms with Crippen molar-refractivity contribution in [3.8, 4) is 16.9 Å². The zero-order chi connectivity index (χ0) is 27.7. The number of rotatable bonds is 5. The summed E-state index contributed by atoms with van der Waals surface area (Å²) >= 11 is 6.38. The number of ether oxygens (including phenoxy) is 2. The predicted molar refractivity (Wildman–Crippen MR) is 137 cm³/mol. The minimum absolute atomic E-state index is 0.00700. The fraction of sp³-hybridized carbons (Fsp3) is 0.400. The van der Waals surface area contributed by atoms with Crippen LogP contribution in [0, 0.1) is 0 Å². The van der Waals surface area contributed by atoms with Crippen LogP contribution in [0.5, 0.6) is 5.75 Å². The average molecular weight is 553 g/mol. The lowest BCUT2D eigenvalue weighted by Gasteiger charge is -2.33. The second kappa shape index (κ2) is 10.6. The first-order chi connectivity index (χ1) is 17.8. The number of halogens is 4.